The molecule has 0 aromatic heterocycles. The first kappa shape index (κ1) is 23.2. The van der Waals surface area contributed by atoms with Gasteiger partial charge in [-0.05, 0) is 54.5 Å². The van der Waals surface area contributed by atoms with Crippen LogP contribution < -0.4 is 14.5 Å². The van der Waals surface area contributed by atoms with Crippen LogP contribution >= 0.6 is 34.8 Å². The number of amides is 1. The van der Waals surface area contributed by atoms with E-state index in [1.807, 2.05) is 30.3 Å². The molecule has 0 unspecified atom stereocenters. The fraction of sp³-hybridized carbons (Fsp3) is 0.120. The third kappa shape index (κ3) is 5.01. The van der Waals surface area contributed by atoms with Crippen molar-refractivity contribution in [1.82, 2.24) is 0 Å². The van der Waals surface area contributed by atoms with Crippen LogP contribution in [0.2, 0.25) is 15.1 Å². The Bertz CT molecular complexity index is 1270. The summed E-state index contributed by atoms with van der Waals surface area (Å²) in [6.45, 7) is 2.11. The molecule has 0 atom stereocenters. The van der Waals surface area contributed by atoms with Gasteiger partial charge in [-0.15, -0.1) is 0 Å². The van der Waals surface area contributed by atoms with Crippen molar-refractivity contribution >= 4 is 58.2 Å². The van der Waals surface area contributed by atoms with E-state index >= 15 is 0 Å². The largest absolute Gasteiger partial charge is 0.493 e. The summed E-state index contributed by atoms with van der Waals surface area (Å²) in [6.07, 6.45) is 1.72. The van der Waals surface area contributed by atoms with E-state index in [1.54, 1.807) is 43.3 Å². The number of anilines is 1. The lowest BCUT2D eigenvalue weighted by molar-refractivity contribution is -0.114. The van der Waals surface area contributed by atoms with Gasteiger partial charge < -0.3 is 9.47 Å². The van der Waals surface area contributed by atoms with Gasteiger partial charge in [0.2, 0.25) is 0 Å². The first-order valence-electron chi connectivity index (χ1n) is 9.98. The first-order valence-corrected chi connectivity index (χ1v) is 11.1. The SMILES string of the molecule is COc1cc(/C=C2\C(=O)N(c3ccc(Cl)c(Cl)c3)N=C2C)cc(Cl)c1OCc1ccccc1. The molecule has 0 fully saturated rings. The zero-order valence-electron chi connectivity index (χ0n) is 17.8. The summed E-state index contributed by atoms with van der Waals surface area (Å²) in [5.74, 6) is 0.614. The summed E-state index contributed by atoms with van der Waals surface area (Å²) < 4.78 is 11.4. The Hall–Kier alpha value is -2.99. The number of halogens is 3. The van der Waals surface area contributed by atoms with E-state index in [2.05, 4.69) is 5.10 Å². The molecule has 3 aromatic carbocycles. The van der Waals surface area contributed by atoms with Gasteiger partial charge in [-0.2, -0.15) is 10.1 Å². The molecule has 0 saturated carbocycles. The number of benzene rings is 3. The molecule has 0 aliphatic carbocycles. The van der Waals surface area contributed by atoms with Crippen LogP contribution in [0, 0.1) is 0 Å². The van der Waals surface area contributed by atoms with Crippen LogP contribution in [0.4, 0.5) is 5.69 Å². The number of hydrazone groups is 1. The van der Waals surface area contributed by atoms with E-state index in [-0.39, 0.29) is 5.91 Å². The maximum Gasteiger partial charge on any atom is 0.280 e. The smallest absolute Gasteiger partial charge is 0.280 e. The zero-order chi connectivity index (χ0) is 23.5. The third-order valence-electron chi connectivity index (χ3n) is 5.00. The average molecular weight is 502 g/mol. The van der Waals surface area contributed by atoms with Gasteiger partial charge in [-0.3, -0.25) is 4.79 Å². The standard InChI is InChI=1S/C25H19Cl3N2O3/c1-15-19(25(31)30(29-15)18-8-9-20(26)21(27)13-18)10-17-11-22(28)24(23(12-17)32-2)33-14-16-6-4-3-5-7-16/h3-13H,14H2,1-2H3/b19-10-. The number of rotatable bonds is 6. The molecule has 1 amide bonds. The van der Waals surface area contributed by atoms with Crippen LogP contribution in [0.5, 0.6) is 11.5 Å². The molecule has 3 aromatic rings. The molecule has 8 heteroatoms. The van der Waals surface area contributed by atoms with Crippen molar-refractivity contribution in [2.45, 2.75) is 13.5 Å². The van der Waals surface area contributed by atoms with E-state index < -0.39 is 0 Å². The molecule has 0 bridgehead atoms. The molecule has 1 aliphatic heterocycles. The number of ether oxygens (including phenoxy) is 2. The molecule has 1 heterocycles. The molecule has 33 heavy (non-hydrogen) atoms. The van der Waals surface area contributed by atoms with Gasteiger partial charge in [0.25, 0.3) is 5.91 Å². The van der Waals surface area contributed by atoms with E-state index in [1.165, 1.54) is 12.1 Å². The Morgan fingerprint density at radius 2 is 1.73 bits per heavy atom. The van der Waals surface area contributed by atoms with E-state index in [9.17, 15) is 4.79 Å². The second kappa shape index (κ2) is 9.87. The highest BCUT2D eigenvalue weighted by molar-refractivity contribution is 6.42. The number of hydrogen-bond acceptors (Lipinski definition) is 4. The average Bonchev–Trinajstić information content (AvgIpc) is 3.09. The number of nitrogens with zero attached hydrogens (tertiary/aromatic N) is 2. The zero-order valence-corrected chi connectivity index (χ0v) is 20.1. The fourth-order valence-electron chi connectivity index (χ4n) is 3.34. The molecule has 168 valence electrons. The number of hydrogen-bond donors (Lipinski definition) is 0. The highest BCUT2D eigenvalue weighted by Gasteiger charge is 2.29. The van der Waals surface area contributed by atoms with Crippen LogP contribution in [0.25, 0.3) is 6.08 Å². The number of methoxy groups -OCH3 is 1. The molecule has 0 radical (unpaired) electrons. The predicted octanol–water partition coefficient (Wildman–Crippen LogP) is 7.04. The summed E-state index contributed by atoms with van der Waals surface area (Å²) in [6, 6.07) is 18.1. The number of carbonyl (C=O) groups excluding carboxylic acids is 1. The van der Waals surface area contributed by atoms with Crippen molar-refractivity contribution in [1.29, 1.82) is 0 Å². The minimum absolute atomic E-state index is 0.287. The van der Waals surface area contributed by atoms with Crippen LogP contribution in [-0.2, 0) is 11.4 Å². The van der Waals surface area contributed by atoms with Crippen LogP contribution in [0.3, 0.4) is 0 Å². The van der Waals surface area contributed by atoms with Crippen LogP contribution in [0.15, 0.2) is 71.3 Å². The fourth-order valence-corrected chi connectivity index (χ4v) is 3.90. The topological polar surface area (TPSA) is 51.1 Å². The lowest BCUT2D eigenvalue weighted by Crippen LogP contribution is -2.21. The van der Waals surface area contributed by atoms with Gasteiger partial charge >= 0.3 is 0 Å². The molecular weight excluding hydrogens is 483 g/mol. The van der Waals surface area contributed by atoms with Gasteiger partial charge in [0, 0.05) is 0 Å². The highest BCUT2D eigenvalue weighted by Crippen LogP contribution is 2.38. The monoisotopic (exact) mass is 500 g/mol. The van der Waals surface area contributed by atoms with E-state index in [0.29, 0.717) is 55.7 Å². The summed E-state index contributed by atoms with van der Waals surface area (Å²) >= 11 is 18.6. The van der Waals surface area contributed by atoms with Gasteiger partial charge in [0.15, 0.2) is 11.5 Å². The van der Waals surface area contributed by atoms with Crippen molar-refractivity contribution in [2.24, 2.45) is 5.10 Å². The highest BCUT2D eigenvalue weighted by atomic mass is 35.5. The normalized spacial score (nSPS) is 14.6. The summed E-state index contributed by atoms with van der Waals surface area (Å²) in [5, 5.41) is 6.79. The molecular formula is C25H19Cl3N2O3. The minimum Gasteiger partial charge on any atom is -0.493 e. The Balaban J connectivity index is 1.60. The summed E-state index contributed by atoms with van der Waals surface area (Å²) in [7, 11) is 1.54. The van der Waals surface area contributed by atoms with Crippen molar-refractivity contribution in [2.75, 3.05) is 12.1 Å². The van der Waals surface area contributed by atoms with Crippen LogP contribution in [-0.4, -0.2) is 18.7 Å². The molecule has 0 spiro atoms. The van der Waals surface area contributed by atoms with Crippen molar-refractivity contribution in [3.63, 3.8) is 0 Å². The first-order chi connectivity index (χ1) is 15.9. The maximum absolute atomic E-state index is 13.1. The van der Waals surface area contributed by atoms with Gasteiger partial charge in [-0.1, -0.05) is 65.1 Å². The predicted molar refractivity (Wildman–Crippen MR) is 134 cm³/mol. The minimum atomic E-state index is -0.287. The lowest BCUT2D eigenvalue weighted by atomic mass is 10.1. The van der Waals surface area contributed by atoms with Crippen molar-refractivity contribution in [3.05, 3.63) is 92.4 Å². The Labute approximate surface area is 206 Å². The van der Waals surface area contributed by atoms with Gasteiger partial charge in [0.05, 0.1) is 39.1 Å². The summed E-state index contributed by atoms with van der Waals surface area (Å²) in [5.41, 5.74) is 3.20. The second-order valence-corrected chi connectivity index (χ2v) is 8.49. The second-order valence-electron chi connectivity index (χ2n) is 7.27. The molecule has 0 saturated heterocycles. The summed E-state index contributed by atoms with van der Waals surface area (Å²) in [4.78, 5) is 13.1. The third-order valence-corrected chi connectivity index (χ3v) is 6.02. The Kier molecular flexibility index (Phi) is 6.94. The van der Waals surface area contributed by atoms with E-state index in [0.717, 1.165) is 5.56 Å². The molecule has 5 nitrogen and oxygen atoms in total. The molecule has 4 rings (SSSR count). The van der Waals surface area contributed by atoms with Crippen molar-refractivity contribution < 1.29 is 14.3 Å². The van der Waals surface area contributed by atoms with E-state index in [4.69, 9.17) is 44.3 Å². The Morgan fingerprint density at radius 1 is 0.970 bits per heavy atom. The molecule has 0 N–H and O–H groups in total. The lowest BCUT2D eigenvalue weighted by Gasteiger charge is -2.14. The van der Waals surface area contributed by atoms with Gasteiger partial charge in [0.1, 0.15) is 6.61 Å². The van der Waals surface area contributed by atoms with Gasteiger partial charge in [-0.25, -0.2) is 0 Å². The quantitative estimate of drug-likeness (QED) is 0.340. The number of carbonyl (C=O) groups is 1. The maximum atomic E-state index is 13.1. The van der Waals surface area contributed by atoms with Crippen molar-refractivity contribution in [3.8, 4) is 11.5 Å². The molecule has 1 aliphatic rings. The Morgan fingerprint density at radius 3 is 2.42 bits per heavy atom. The van der Waals surface area contributed by atoms with Crippen LogP contribution in [0.1, 0.15) is 18.1 Å².